The summed E-state index contributed by atoms with van der Waals surface area (Å²) in [6.45, 7) is 1.74. The lowest BCUT2D eigenvalue weighted by molar-refractivity contribution is -0.145. The zero-order valence-corrected chi connectivity index (χ0v) is 18.4. The van der Waals surface area contributed by atoms with Gasteiger partial charge in [0, 0.05) is 5.70 Å². The zero-order chi connectivity index (χ0) is 22.3. The molecule has 2 amide bonds. The van der Waals surface area contributed by atoms with Crippen LogP contribution in [0, 0.1) is 0 Å². The van der Waals surface area contributed by atoms with Gasteiger partial charge in [0.05, 0.1) is 11.6 Å². The van der Waals surface area contributed by atoms with Crippen molar-refractivity contribution in [1.29, 1.82) is 0 Å². The third-order valence-electron chi connectivity index (χ3n) is 5.99. The normalized spacial score (nSPS) is 19.9. The second-order valence-corrected chi connectivity index (χ2v) is 8.43. The first-order valence-electron chi connectivity index (χ1n) is 11.4. The fourth-order valence-corrected chi connectivity index (χ4v) is 4.35. The monoisotopic (exact) mass is 434 g/mol. The molecule has 6 heteroatoms. The van der Waals surface area contributed by atoms with E-state index in [-0.39, 0.29) is 18.1 Å². The molecule has 0 radical (unpaired) electrons. The maximum absolute atomic E-state index is 13.2. The molecule has 1 fully saturated rings. The maximum atomic E-state index is 13.2. The minimum Gasteiger partial charge on any atom is -0.459 e. The van der Waals surface area contributed by atoms with Crippen molar-refractivity contribution in [3.05, 3.63) is 71.4 Å². The number of hydrogen-bond acceptors (Lipinski definition) is 4. The maximum Gasteiger partial charge on any atom is 0.338 e. The highest BCUT2D eigenvalue weighted by atomic mass is 16.5. The predicted molar refractivity (Wildman–Crippen MR) is 122 cm³/mol. The number of carbonyl (C=O) groups excluding carboxylic acids is 2. The van der Waals surface area contributed by atoms with Gasteiger partial charge in [0.15, 0.2) is 0 Å². The first-order valence-corrected chi connectivity index (χ1v) is 11.4. The molecule has 1 atom stereocenters. The quantitative estimate of drug-likeness (QED) is 0.586. The molecular formula is C26H30N2O4. The Labute approximate surface area is 189 Å². The highest BCUT2D eigenvalue weighted by molar-refractivity contribution is 5.95. The van der Waals surface area contributed by atoms with Crippen molar-refractivity contribution in [3.63, 3.8) is 0 Å². The number of carbonyl (C=O) groups is 2. The van der Waals surface area contributed by atoms with Gasteiger partial charge in [-0.1, -0.05) is 49.6 Å². The van der Waals surface area contributed by atoms with Crippen LogP contribution in [-0.4, -0.2) is 18.1 Å². The van der Waals surface area contributed by atoms with Crippen molar-refractivity contribution < 1.29 is 19.1 Å². The van der Waals surface area contributed by atoms with Gasteiger partial charge < -0.3 is 20.1 Å². The molecule has 4 rings (SSSR count). The van der Waals surface area contributed by atoms with Crippen molar-refractivity contribution in [2.75, 3.05) is 0 Å². The molecular weight excluding hydrogens is 404 g/mol. The number of hydrogen-bond donors (Lipinski definition) is 2. The zero-order valence-electron chi connectivity index (χ0n) is 18.4. The Morgan fingerprint density at radius 2 is 1.59 bits per heavy atom. The van der Waals surface area contributed by atoms with E-state index in [4.69, 9.17) is 9.47 Å². The molecule has 2 aromatic rings. The molecule has 0 aromatic heterocycles. The fourth-order valence-electron chi connectivity index (χ4n) is 4.35. The second kappa shape index (κ2) is 10.4. The number of rotatable bonds is 5. The Balaban J connectivity index is 1.56. The van der Waals surface area contributed by atoms with Crippen molar-refractivity contribution >= 4 is 12.0 Å². The van der Waals surface area contributed by atoms with Gasteiger partial charge in [0.2, 0.25) is 0 Å². The number of benzene rings is 2. The molecule has 0 bridgehead atoms. The molecule has 1 aliphatic carbocycles. The van der Waals surface area contributed by atoms with Crippen LogP contribution >= 0.6 is 0 Å². The summed E-state index contributed by atoms with van der Waals surface area (Å²) >= 11 is 0. The van der Waals surface area contributed by atoms with E-state index in [0.717, 1.165) is 37.0 Å². The number of ether oxygens (including phenoxy) is 2. The molecule has 0 spiro atoms. The van der Waals surface area contributed by atoms with Gasteiger partial charge in [0.25, 0.3) is 0 Å². The molecule has 0 saturated heterocycles. The van der Waals surface area contributed by atoms with E-state index in [0.29, 0.717) is 17.0 Å². The third-order valence-corrected chi connectivity index (χ3v) is 5.99. The highest BCUT2D eigenvalue weighted by Crippen LogP contribution is 2.32. The number of nitrogens with one attached hydrogen (secondary N) is 2. The van der Waals surface area contributed by atoms with E-state index in [1.54, 1.807) is 6.92 Å². The van der Waals surface area contributed by atoms with Crippen LogP contribution < -0.4 is 15.4 Å². The molecule has 1 saturated carbocycles. The van der Waals surface area contributed by atoms with E-state index in [1.807, 2.05) is 54.6 Å². The lowest BCUT2D eigenvalue weighted by Gasteiger charge is -2.30. The molecule has 1 heterocycles. The van der Waals surface area contributed by atoms with Crippen LogP contribution in [0.25, 0.3) is 0 Å². The summed E-state index contributed by atoms with van der Waals surface area (Å²) in [6, 6.07) is 16.0. The summed E-state index contributed by atoms with van der Waals surface area (Å²) < 4.78 is 11.9. The van der Waals surface area contributed by atoms with Gasteiger partial charge in [-0.05, 0) is 62.4 Å². The van der Waals surface area contributed by atoms with Gasteiger partial charge in [-0.15, -0.1) is 0 Å². The van der Waals surface area contributed by atoms with Gasteiger partial charge in [-0.2, -0.15) is 0 Å². The van der Waals surface area contributed by atoms with E-state index in [9.17, 15) is 9.59 Å². The molecule has 32 heavy (non-hydrogen) atoms. The molecule has 168 valence electrons. The van der Waals surface area contributed by atoms with Crippen LogP contribution in [0.5, 0.6) is 11.5 Å². The van der Waals surface area contributed by atoms with E-state index < -0.39 is 6.04 Å². The molecule has 2 aliphatic rings. The van der Waals surface area contributed by atoms with Gasteiger partial charge >= 0.3 is 12.0 Å². The van der Waals surface area contributed by atoms with E-state index >= 15 is 0 Å². The Morgan fingerprint density at radius 1 is 0.906 bits per heavy atom. The molecule has 1 aliphatic heterocycles. The summed E-state index contributed by atoms with van der Waals surface area (Å²) in [7, 11) is 0. The fraction of sp³-hybridized carbons (Fsp3) is 0.385. The second-order valence-electron chi connectivity index (χ2n) is 8.43. The first kappa shape index (κ1) is 21.9. The van der Waals surface area contributed by atoms with Crippen LogP contribution in [0.2, 0.25) is 0 Å². The first-order chi connectivity index (χ1) is 15.6. The lowest BCUT2D eigenvalue weighted by atomic mass is 9.95. The number of allylic oxidation sites excluding steroid dienone is 1. The van der Waals surface area contributed by atoms with Crippen molar-refractivity contribution in [2.24, 2.45) is 0 Å². The van der Waals surface area contributed by atoms with Crippen molar-refractivity contribution in [1.82, 2.24) is 10.6 Å². The molecule has 0 unspecified atom stereocenters. The number of urea groups is 1. The van der Waals surface area contributed by atoms with Crippen LogP contribution in [0.1, 0.15) is 63.5 Å². The van der Waals surface area contributed by atoms with Gasteiger partial charge in [0.1, 0.15) is 17.6 Å². The summed E-state index contributed by atoms with van der Waals surface area (Å²) in [5, 5.41) is 5.60. The Bertz CT molecular complexity index is 978. The smallest absolute Gasteiger partial charge is 0.338 e. The Morgan fingerprint density at radius 3 is 2.34 bits per heavy atom. The number of esters is 1. The van der Waals surface area contributed by atoms with Gasteiger partial charge in [-0.25, -0.2) is 9.59 Å². The van der Waals surface area contributed by atoms with E-state index in [2.05, 4.69) is 10.6 Å². The minimum atomic E-state index is -0.607. The standard InChI is InChI=1S/C26H30N2O4/c1-18-23(25(29)32-21-14-6-3-2-4-7-15-21)24(28-26(30)27-18)19-11-10-16-22(17-19)31-20-12-8-5-9-13-20/h5,8-13,16-17,21,24H,2-4,6-7,14-15H2,1H3,(H2,27,28,30)/t24-/m1/s1. The third kappa shape index (κ3) is 5.49. The predicted octanol–water partition coefficient (Wildman–Crippen LogP) is 5.76. The summed E-state index contributed by atoms with van der Waals surface area (Å²) in [6.07, 6.45) is 7.49. The van der Waals surface area contributed by atoms with Crippen LogP contribution in [-0.2, 0) is 9.53 Å². The van der Waals surface area contributed by atoms with Crippen molar-refractivity contribution in [2.45, 2.75) is 64.0 Å². The summed E-state index contributed by atoms with van der Waals surface area (Å²) in [5.41, 5.74) is 1.71. The van der Waals surface area contributed by atoms with Crippen molar-refractivity contribution in [3.8, 4) is 11.5 Å². The molecule has 2 aromatic carbocycles. The Kier molecular flexibility index (Phi) is 7.10. The minimum absolute atomic E-state index is 0.0749. The topological polar surface area (TPSA) is 76.7 Å². The van der Waals surface area contributed by atoms with Crippen LogP contribution in [0.3, 0.4) is 0 Å². The van der Waals surface area contributed by atoms with Crippen LogP contribution in [0.4, 0.5) is 4.79 Å². The summed E-state index contributed by atoms with van der Waals surface area (Å²) in [4.78, 5) is 25.5. The van der Waals surface area contributed by atoms with Gasteiger partial charge in [-0.3, -0.25) is 0 Å². The SMILES string of the molecule is CC1=C(C(=O)OC2CCCCCCC2)[C@@H](c2cccc(Oc3ccccc3)c2)NC(=O)N1. The molecule has 2 N–H and O–H groups in total. The average molecular weight is 435 g/mol. The number of para-hydroxylation sites is 1. The number of amides is 2. The lowest BCUT2D eigenvalue weighted by Crippen LogP contribution is -2.45. The average Bonchev–Trinajstić information content (AvgIpc) is 2.76. The summed E-state index contributed by atoms with van der Waals surface area (Å²) in [5.74, 6) is 0.974. The van der Waals surface area contributed by atoms with Crippen LogP contribution in [0.15, 0.2) is 65.9 Å². The Hall–Kier alpha value is -3.28. The largest absolute Gasteiger partial charge is 0.459 e. The highest BCUT2D eigenvalue weighted by Gasteiger charge is 2.33. The molecule has 6 nitrogen and oxygen atoms in total. The van der Waals surface area contributed by atoms with E-state index in [1.165, 1.54) is 19.3 Å².